The van der Waals surface area contributed by atoms with Crippen LogP contribution in [0, 0.1) is 5.82 Å². The van der Waals surface area contributed by atoms with Crippen LogP contribution in [0.4, 0.5) is 10.2 Å². The lowest BCUT2D eigenvalue weighted by molar-refractivity contribution is 0.0951. The SMILES string of the molecule is O=C(NCc1ccc(N2CCOCC2)nc1)c1ccc(F)cc1Cl. The van der Waals surface area contributed by atoms with E-state index in [1.54, 1.807) is 6.20 Å². The van der Waals surface area contributed by atoms with Crippen LogP contribution in [0.15, 0.2) is 36.5 Å². The Labute approximate surface area is 144 Å². The third kappa shape index (κ3) is 4.01. The molecule has 0 atom stereocenters. The first-order valence-electron chi connectivity index (χ1n) is 7.64. The highest BCUT2D eigenvalue weighted by Gasteiger charge is 2.13. The van der Waals surface area contributed by atoms with E-state index in [4.69, 9.17) is 16.3 Å². The van der Waals surface area contributed by atoms with Crippen molar-refractivity contribution in [2.75, 3.05) is 31.2 Å². The Bertz CT molecular complexity index is 718. The van der Waals surface area contributed by atoms with Gasteiger partial charge in [0.1, 0.15) is 11.6 Å². The molecule has 1 aliphatic rings. The van der Waals surface area contributed by atoms with Crippen molar-refractivity contribution in [1.29, 1.82) is 0 Å². The van der Waals surface area contributed by atoms with Crippen molar-refractivity contribution < 1.29 is 13.9 Å². The molecule has 0 unspecified atom stereocenters. The Kier molecular flexibility index (Phi) is 5.27. The van der Waals surface area contributed by atoms with Crippen molar-refractivity contribution in [1.82, 2.24) is 10.3 Å². The number of carbonyl (C=O) groups excluding carboxylic acids is 1. The summed E-state index contributed by atoms with van der Waals surface area (Å²) in [5, 5.41) is 2.85. The topological polar surface area (TPSA) is 54.5 Å². The first-order chi connectivity index (χ1) is 11.6. The number of benzene rings is 1. The first-order valence-corrected chi connectivity index (χ1v) is 8.02. The second kappa shape index (κ2) is 7.59. The molecule has 5 nitrogen and oxygen atoms in total. The Morgan fingerprint density at radius 2 is 2.08 bits per heavy atom. The highest BCUT2D eigenvalue weighted by molar-refractivity contribution is 6.33. The van der Waals surface area contributed by atoms with Gasteiger partial charge in [0.2, 0.25) is 0 Å². The van der Waals surface area contributed by atoms with E-state index < -0.39 is 5.82 Å². The number of pyridine rings is 1. The van der Waals surface area contributed by atoms with E-state index in [-0.39, 0.29) is 16.5 Å². The number of hydrogen-bond acceptors (Lipinski definition) is 4. The number of nitrogens with zero attached hydrogens (tertiary/aromatic N) is 2. The van der Waals surface area contributed by atoms with Gasteiger partial charge in [-0.3, -0.25) is 4.79 Å². The van der Waals surface area contributed by atoms with Gasteiger partial charge in [0.25, 0.3) is 5.91 Å². The number of anilines is 1. The first kappa shape index (κ1) is 16.7. The average molecular weight is 350 g/mol. The maximum absolute atomic E-state index is 13.0. The quantitative estimate of drug-likeness (QED) is 0.922. The molecule has 24 heavy (non-hydrogen) atoms. The van der Waals surface area contributed by atoms with Gasteiger partial charge in [-0.15, -0.1) is 0 Å². The minimum atomic E-state index is -0.473. The molecule has 1 aromatic heterocycles. The van der Waals surface area contributed by atoms with E-state index in [9.17, 15) is 9.18 Å². The molecule has 1 N–H and O–H groups in total. The zero-order valence-electron chi connectivity index (χ0n) is 13.0. The number of aromatic nitrogens is 1. The van der Waals surface area contributed by atoms with Crippen LogP contribution < -0.4 is 10.2 Å². The molecule has 0 saturated carbocycles. The van der Waals surface area contributed by atoms with Crippen molar-refractivity contribution in [2.24, 2.45) is 0 Å². The van der Waals surface area contributed by atoms with Crippen molar-refractivity contribution in [3.05, 3.63) is 58.5 Å². The van der Waals surface area contributed by atoms with Crippen molar-refractivity contribution in [3.8, 4) is 0 Å². The molecule has 126 valence electrons. The minimum Gasteiger partial charge on any atom is -0.378 e. The summed E-state index contributed by atoms with van der Waals surface area (Å²) in [6.45, 7) is 3.39. The van der Waals surface area contributed by atoms with Crippen LogP contribution in [0.2, 0.25) is 5.02 Å². The predicted octanol–water partition coefficient (Wildman–Crippen LogP) is 2.64. The number of hydrogen-bond donors (Lipinski definition) is 1. The molecule has 7 heteroatoms. The summed E-state index contributed by atoms with van der Waals surface area (Å²) in [4.78, 5) is 18.7. The van der Waals surface area contributed by atoms with Gasteiger partial charge >= 0.3 is 0 Å². The molecule has 1 amide bonds. The molecule has 1 aliphatic heterocycles. The molecular weight excluding hydrogens is 333 g/mol. The Balaban J connectivity index is 1.59. The number of nitrogens with one attached hydrogen (secondary N) is 1. The summed E-state index contributed by atoms with van der Waals surface area (Å²) in [6.07, 6.45) is 1.73. The zero-order valence-corrected chi connectivity index (χ0v) is 13.7. The standard InChI is InChI=1S/C17H17ClFN3O2/c18-15-9-13(19)2-3-14(15)17(23)21-11-12-1-4-16(20-10-12)22-5-7-24-8-6-22/h1-4,9-10H,5-8,11H2,(H,21,23). The highest BCUT2D eigenvalue weighted by atomic mass is 35.5. The Hall–Kier alpha value is -2.18. The largest absolute Gasteiger partial charge is 0.378 e. The van der Waals surface area contributed by atoms with Gasteiger partial charge < -0.3 is 15.0 Å². The Morgan fingerprint density at radius 3 is 2.75 bits per heavy atom. The number of halogens is 2. The number of amides is 1. The number of morpholine rings is 1. The molecular formula is C17H17ClFN3O2. The molecule has 3 rings (SSSR count). The molecule has 0 bridgehead atoms. The van der Waals surface area contributed by atoms with Crippen LogP contribution in [0.3, 0.4) is 0 Å². The van der Waals surface area contributed by atoms with Gasteiger partial charge in [0.15, 0.2) is 0 Å². The van der Waals surface area contributed by atoms with Gasteiger partial charge in [0, 0.05) is 25.8 Å². The molecule has 0 aliphatic carbocycles. The molecule has 1 fully saturated rings. The number of carbonyl (C=O) groups is 1. The van der Waals surface area contributed by atoms with Crippen LogP contribution >= 0.6 is 11.6 Å². The van der Waals surface area contributed by atoms with Crippen LogP contribution in [0.1, 0.15) is 15.9 Å². The van der Waals surface area contributed by atoms with Gasteiger partial charge in [0.05, 0.1) is 23.8 Å². The highest BCUT2D eigenvalue weighted by Crippen LogP contribution is 2.17. The van der Waals surface area contributed by atoms with E-state index >= 15 is 0 Å². The second-order valence-electron chi connectivity index (χ2n) is 5.43. The lowest BCUT2D eigenvalue weighted by atomic mass is 10.2. The van der Waals surface area contributed by atoms with Crippen LogP contribution in [0.25, 0.3) is 0 Å². The lowest BCUT2D eigenvalue weighted by Gasteiger charge is -2.27. The summed E-state index contributed by atoms with van der Waals surface area (Å²) >= 11 is 5.88. The smallest absolute Gasteiger partial charge is 0.253 e. The summed E-state index contributed by atoms with van der Waals surface area (Å²) in [6, 6.07) is 7.55. The zero-order chi connectivity index (χ0) is 16.9. The summed E-state index contributed by atoms with van der Waals surface area (Å²) in [5.74, 6) is 0.0756. The van der Waals surface area contributed by atoms with Crippen LogP contribution in [-0.2, 0) is 11.3 Å². The fourth-order valence-electron chi connectivity index (χ4n) is 2.45. The summed E-state index contributed by atoms with van der Waals surface area (Å²) in [7, 11) is 0. The summed E-state index contributed by atoms with van der Waals surface area (Å²) in [5.41, 5.74) is 1.12. The van der Waals surface area contributed by atoms with Crippen molar-refractivity contribution in [2.45, 2.75) is 6.54 Å². The lowest BCUT2D eigenvalue weighted by Crippen LogP contribution is -2.36. The number of rotatable bonds is 4. The third-order valence-electron chi connectivity index (χ3n) is 3.77. The molecule has 2 aromatic rings. The molecule has 2 heterocycles. The Morgan fingerprint density at radius 1 is 1.29 bits per heavy atom. The maximum atomic E-state index is 13.0. The van der Waals surface area contributed by atoms with E-state index in [0.29, 0.717) is 19.8 Å². The molecule has 0 radical (unpaired) electrons. The van der Waals surface area contributed by atoms with Gasteiger partial charge in [-0.2, -0.15) is 0 Å². The fourth-order valence-corrected chi connectivity index (χ4v) is 2.71. The third-order valence-corrected chi connectivity index (χ3v) is 4.09. The molecule has 1 aromatic carbocycles. The minimum absolute atomic E-state index is 0.0910. The molecule has 1 saturated heterocycles. The second-order valence-corrected chi connectivity index (χ2v) is 5.84. The fraction of sp³-hybridized carbons (Fsp3) is 0.294. The van der Waals surface area contributed by atoms with E-state index in [0.717, 1.165) is 30.5 Å². The van der Waals surface area contributed by atoms with E-state index in [1.165, 1.54) is 12.1 Å². The van der Waals surface area contributed by atoms with Gasteiger partial charge in [-0.05, 0) is 29.8 Å². The predicted molar refractivity (Wildman–Crippen MR) is 89.8 cm³/mol. The van der Waals surface area contributed by atoms with E-state index in [2.05, 4.69) is 15.2 Å². The monoisotopic (exact) mass is 349 g/mol. The van der Waals surface area contributed by atoms with Gasteiger partial charge in [-0.25, -0.2) is 9.37 Å². The van der Waals surface area contributed by atoms with E-state index in [1.807, 2.05) is 12.1 Å². The van der Waals surface area contributed by atoms with Crippen molar-refractivity contribution in [3.63, 3.8) is 0 Å². The van der Waals surface area contributed by atoms with Crippen LogP contribution in [-0.4, -0.2) is 37.2 Å². The van der Waals surface area contributed by atoms with Crippen molar-refractivity contribution >= 4 is 23.3 Å². The normalized spacial score (nSPS) is 14.5. The number of ether oxygens (including phenoxy) is 1. The summed E-state index contributed by atoms with van der Waals surface area (Å²) < 4.78 is 18.3. The maximum Gasteiger partial charge on any atom is 0.253 e. The average Bonchev–Trinajstić information content (AvgIpc) is 2.61. The van der Waals surface area contributed by atoms with Gasteiger partial charge in [-0.1, -0.05) is 17.7 Å². The van der Waals surface area contributed by atoms with Crippen LogP contribution in [0.5, 0.6) is 0 Å². The molecule has 0 spiro atoms.